The maximum absolute atomic E-state index is 12.5. The molecule has 3 atom stereocenters. The first kappa shape index (κ1) is 29.5. The Bertz CT molecular complexity index is 1100. The number of aromatic nitrogens is 3. The van der Waals surface area contributed by atoms with Gasteiger partial charge in [-0.3, -0.25) is 4.79 Å². The molecule has 11 nitrogen and oxygen atoms in total. The van der Waals surface area contributed by atoms with E-state index in [-0.39, 0.29) is 5.91 Å². The molecule has 1 aromatic carbocycles. The molecule has 3 fully saturated rings. The lowest BCUT2D eigenvalue weighted by Crippen LogP contribution is -2.28. The Labute approximate surface area is 243 Å². The van der Waals surface area contributed by atoms with Crippen LogP contribution in [-0.4, -0.2) is 72.5 Å². The van der Waals surface area contributed by atoms with E-state index in [1.54, 1.807) is 0 Å². The van der Waals surface area contributed by atoms with Crippen molar-refractivity contribution in [3.63, 3.8) is 0 Å². The van der Waals surface area contributed by atoms with Crippen LogP contribution in [0.15, 0.2) is 24.3 Å². The molecule has 2 bridgehead atoms. The van der Waals surface area contributed by atoms with Crippen molar-refractivity contribution in [3.05, 3.63) is 35.4 Å². The monoisotopic (exact) mass is 566 g/mol. The van der Waals surface area contributed by atoms with Gasteiger partial charge in [0.2, 0.25) is 17.8 Å². The average molecular weight is 567 g/mol. The van der Waals surface area contributed by atoms with Crippen molar-refractivity contribution < 1.29 is 14.3 Å². The fourth-order valence-corrected chi connectivity index (χ4v) is 6.30. The molecule has 11 heteroatoms. The van der Waals surface area contributed by atoms with Crippen LogP contribution in [0.3, 0.4) is 0 Å². The van der Waals surface area contributed by atoms with E-state index < -0.39 is 0 Å². The molecular weight excluding hydrogens is 520 g/mol. The van der Waals surface area contributed by atoms with Crippen molar-refractivity contribution >= 4 is 23.8 Å². The number of benzene rings is 1. The molecule has 1 aromatic heterocycles. The van der Waals surface area contributed by atoms with Crippen molar-refractivity contribution in [1.82, 2.24) is 20.3 Å². The molecule has 0 aliphatic heterocycles. The maximum atomic E-state index is 12.5. The predicted molar refractivity (Wildman–Crippen MR) is 160 cm³/mol. The van der Waals surface area contributed by atoms with Crippen LogP contribution >= 0.6 is 0 Å². The summed E-state index contributed by atoms with van der Waals surface area (Å²) in [5.41, 5.74) is 7.02. The van der Waals surface area contributed by atoms with Gasteiger partial charge >= 0.3 is 0 Å². The number of nitrogens with two attached hydrogens (primary N) is 1. The first-order chi connectivity index (χ1) is 20.2. The topological polar surface area (TPSA) is 148 Å². The molecule has 3 saturated carbocycles. The van der Waals surface area contributed by atoms with Gasteiger partial charge in [-0.15, -0.1) is 0 Å². The number of nitrogens with one attached hydrogen (secondary N) is 4. The number of fused-ring (bicyclic) bond motifs is 2. The zero-order chi connectivity index (χ0) is 28.3. The number of carbonyl (C=O) groups excluding carboxylic acids is 1. The highest BCUT2D eigenvalue weighted by Crippen LogP contribution is 2.45. The van der Waals surface area contributed by atoms with Crippen LogP contribution in [0, 0.1) is 11.8 Å². The van der Waals surface area contributed by atoms with Crippen LogP contribution in [0.5, 0.6) is 0 Å². The molecule has 3 unspecified atom stereocenters. The zero-order valence-electron chi connectivity index (χ0n) is 24.1. The van der Waals surface area contributed by atoms with Gasteiger partial charge in [-0.05, 0) is 61.6 Å². The van der Waals surface area contributed by atoms with Crippen LogP contribution in [0.4, 0.5) is 17.8 Å². The molecule has 2 aromatic rings. The third-order valence-electron chi connectivity index (χ3n) is 8.46. The van der Waals surface area contributed by atoms with Crippen molar-refractivity contribution in [1.29, 1.82) is 0 Å². The second kappa shape index (κ2) is 15.3. The Morgan fingerprint density at radius 2 is 1.56 bits per heavy atom. The minimum absolute atomic E-state index is 0.125. The summed E-state index contributed by atoms with van der Waals surface area (Å²) in [6.45, 7) is 3.43. The molecule has 1 amide bonds. The number of amides is 1. The SMILES string of the molecule is NCCOCCOCCNC(=O)c1ccc(CNc2nc(NC3CCCCC3)nc(NC3CC4CCC3C4)n2)cc1. The van der Waals surface area contributed by atoms with E-state index in [1.807, 2.05) is 24.3 Å². The molecular formula is C30H46N8O3. The molecule has 224 valence electrons. The largest absolute Gasteiger partial charge is 0.378 e. The van der Waals surface area contributed by atoms with E-state index in [0.29, 0.717) is 81.6 Å². The Morgan fingerprint density at radius 1 is 0.829 bits per heavy atom. The third kappa shape index (κ3) is 8.98. The van der Waals surface area contributed by atoms with E-state index in [1.165, 1.54) is 44.9 Å². The van der Waals surface area contributed by atoms with Crippen LogP contribution in [0.25, 0.3) is 0 Å². The van der Waals surface area contributed by atoms with E-state index >= 15 is 0 Å². The third-order valence-corrected chi connectivity index (χ3v) is 8.46. The predicted octanol–water partition coefficient (Wildman–Crippen LogP) is 3.55. The molecule has 5 rings (SSSR count). The van der Waals surface area contributed by atoms with Gasteiger partial charge in [0, 0.05) is 37.3 Å². The summed E-state index contributed by atoms with van der Waals surface area (Å²) >= 11 is 0. The molecule has 1 heterocycles. The highest BCUT2D eigenvalue weighted by molar-refractivity contribution is 5.94. The lowest BCUT2D eigenvalue weighted by molar-refractivity contribution is 0.0511. The van der Waals surface area contributed by atoms with Crippen LogP contribution in [0.1, 0.15) is 73.7 Å². The highest BCUT2D eigenvalue weighted by atomic mass is 16.5. The Kier molecular flexibility index (Phi) is 11.0. The fourth-order valence-electron chi connectivity index (χ4n) is 6.30. The standard InChI is InChI=1S/C30H46N8O3/c31-12-14-40-16-17-41-15-13-32-27(39)23-9-6-21(7-10-23)20-33-28-36-29(34-25-4-2-1-3-5-25)38-30(37-28)35-26-19-22-8-11-24(26)18-22/h6-7,9-10,22,24-26H,1-5,8,11-20,31H2,(H,32,39)(H3,33,34,35,36,37,38). The number of hydrogen-bond acceptors (Lipinski definition) is 10. The van der Waals surface area contributed by atoms with E-state index in [0.717, 1.165) is 30.2 Å². The van der Waals surface area contributed by atoms with Crippen LogP contribution in [0.2, 0.25) is 0 Å². The maximum Gasteiger partial charge on any atom is 0.251 e. The first-order valence-electron chi connectivity index (χ1n) is 15.4. The molecule has 0 radical (unpaired) electrons. The van der Waals surface area contributed by atoms with E-state index in [4.69, 9.17) is 30.2 Å². The normalized spacial score (nSPS) is 22.0. The lowest BCUT2D eigenvalue weighted by atomic mass is 9.95. The minimum Gasteiger partial charge on any atom is -0.378 e. The lowest BCUT2D eigenvalue weighted by Gasteiger charge is -2.25. The summed E-state index contributed by atoms with van der Waals surface area (Å²) in [7, 11) is 0. The Hall–Kier alpha value is -3.02. The molecule has 0 spiro atoms. The summed E-state index contributed by atoms with van der Waals surface area (Å²) in [4.78, 5) is 26.7. The Balaban J connectivity index is 1.12. The number of anilines is 3. The fraction of sp³-hybridized carbons (Fsp3) is 0.667. The summed E-state index contributed by atoms with van der Waals surface area (Å²) in [6, 6.07) is 8.43. The van der Waals surface area contributed by atoms with Gasteiger partial charge < -0.3 is 36.5 Å². The van der Waals surface area contributed by atoms with Crippen molar-refractivity contribution in [2.45, 2.75) is 76.4 Å². The van der Waals surface area contributed by atoms with E-state index in [2.05, 4.69) is 21.3 Å². The smallest absolute Gasteiger partial charge is 0.251 e. The average Bonchev–Trinajstić information content (AvgIpc) is 3.62. The molecule has 3 aliphatic carbocycles. The summed E-state index contributed by atoms with van der Waals surface area (Å²) in [5.74, 6) is 3.30. The van der Waals surface area contributed by atoms with Gasteiger partial charge in [0.25, 0.3) is 5.91 Å². The highest BCUT2D eigenvalue weighted by Gasteiger charge is 2.39. The minimum atomic E-state index is -0.125. The molecule has 6 N–H and O–H groups in total. The van der Waals surface area contributed by atoms with Crippen molar-refractivity contribution in [3.8, 4) is 0 Å². The second-order valence-corrected chi connectivity index (χ2v) is 11.5. The van der Waals surface area contributed by atoms with Gasteiger partial charge in [0.15, 0.2) is 0 Å². The molecule has 3 aliphatic rings. The number of nitrogens with zero attached hydrogens (tertiary/aromatic N) is 3. The number of ether oxygens (including phenoxy) is 2. The molecule has 41 heavy (non-hydrogen) atoms. The summed E-state index contributed by atoms with van der Waals surface area (Å²) in [5, 5.41) is 13.5. The van der Waals surface area contributed by atoms with Gasteiger partial charge in [-0.25, -0.2) is 0 Å². The number of hydrogen-bond donors (Lipinski definition) is 5. The Morgan fingerprint density at radius 3 is 2.27 bits per heavy atom. The first-order valence-corrected chi connectivity index (χ1v) is 15.4. The van der Waals surface area contributed by atoms with Gasteiger partial charge in [-0.1, -0.05) is 37.8 Å². The zero-order valence-corrected chi connectivity index (χ0v) is 24.1. The molecule has 0 saturated heterocycles. The second-order valence-electron chi connectivity index (χ2n) is 11.5. The summed E-state index contributed by atoms with van der Waals surface area (Å²) in [6.07, 6.45) is 11.3. The van der Waals surface area contributed by atoms with E-state index in [9.17, 15) is 4.79 Å². The summed E-state index contributed by atoms with van der Waals surface area (Å²) < 4.78 is 10.7. The van der Waals surface area contributed by atoms with Crippen molar-refractivity contribution in [2.24, 2.45) is 17.6 Å². The number of rotatable bonds is 16. The van der Waals surface area contributed by atoms with Crippen molar-refractivity contribution in [2.75, 3.05) is 55.5 Å². The van der Waals surface area contributed by atoms with Gasteiger partial charge in [0.1, 0.15) is 0 Å². The number of carbonyl (C=O) groups is 1. The van der Waals surface area contributed by atoms with Gasteiger partial charge in [0.05, 0.1) is 26.4 Å². The van der Waals surface area contributed by atoms with Crippen LogP contribution in [-0.2, 0) is 16.0 Å². The van der Waals surface area contributed by atoms with Gasteiger partial charge in [-0.2, -0.15) is 15.0 Å². The quantitative estimate of drug-likeness (QED) is 0.191. The van der Waals surface area contributed by atoms with Crippen LogP contribution < -0.4 is 27.0 Å².